The first kappa shape index (κ1) is 14.8. The lowest BCUT2D eigenvalue weighted by molar-refractivity contribution is 0.0480. The zero-order chi connectivity index (χ0) is 11.6. The van der Waals surface area contributed by atoms with E-state index in [1.807, 2.05) is 13.8 Å². The quantitative estimate of drug-likeness (QED) is 0.536. The van der Waals surface area contributed by atoms with E-state index in [1.54, 1.807) is 0 Å². The average molecular weight is 219 g/mol. The van der Waals surface area contributed by atoms with Crippen LogP contribution in [-0.4, -0.2) is 43.7 Å². The smallest absolute Gasteiger partial charge is 0.0700 e. The second kappa shape index (κ2) is 9.09. The van der Waals surface area contributed by atoms with Gasteiger partial charge in [-0.15, -0.1) is 0 Å². The van der Waals surface area contributed by atoms with E-state index in [0.29, 0.717) is 19.8 Å². The molecule has 0 rings (SSSR count). The summed E-state index contributed by atoms with van der Waals surface area (Å²) in [4.78, 5) is 0. The molecule has 0 radical (unpaired) electrons. The molecular weight excluding hydrogens is 194 g/mol. The second-order valence-corrected chi connectivity index (χ2v) is 3.79. The fourth-order valence-corrected chi connectivity index (χ4v) is 1.26. The first-order valence-electron chi connectivity index (χ1n) is 5.73. The van der Waals surface area contributed by atoms with E-state index >= 15 is 0 Å². The number of rotatable bonds is 10. The monoisotopic (exact) mass is 219 g/mol. The van der Waals surface area contributed by atoms with Crippen LogP contribution < -0.4 is 5.73 Å². The fraction of sp³-hybridized carbons (Fsp3) is 1.00. The maximum atomic E-state index is 9.07. The summed E-state index contributed by atoms with van der Waals surface area (Å²) in [5.74, 6) is 0. The van der Waals surface area contributed by atoms with Crippen LogP contribution in [0, 0.1) is 0 Å². The normalized spacial score (nSPS) is 15.2. The minimum absolute atomic E-state index is 0.0441. The number of aliphatic hydroxyl groups is 1. The van der Waals surface area contributed by atoms with Crippen molar-refractivity contribution in [1.29, 1.82) is 0 Å². The van der Waals surface area contributed by atoms with Crippen molar-refractivity contribution in [2.75, 3.05) is 33.0 Å². The Kier molecular flexibility index (Phi) is 9.00. The van der Waals surface area contributed by atoms with Gasteiger partial charge in [-0.25, -0.2) is 0 Å². The van der Waals surface area contributed by atoms with E-state index in [4.69, 9.17) is 20.3 Å². The van der Waals surface area contributed by atoms with Gasteiger partial charge in [-0.05, 0) is 26.2 Å². The first-order valence-corrected chi connectivity index (χ1v) is 5.73. The zero-order valence-electron chi connectivity index (χ0n) is 10.00. The van der Waals surface area contributed by atoms with Crippen molar-refractivity contribution in [3.8, 4) is 0 Å². The van der Waals surface area contributed by atoms with Crippen molar-refractivity contribution in [1.82, 2.24) is 0 Å². The van der Waals surface area contributed by atoms with Crippen molar-refractivity contribution in [2.45, 2.75) is 38.6 Å². The molecule has 0 bridgehead atoms. The van der Waals surface area contributed by atoms with Crippen LogP contribution in [-0.2, 0) is 9.47 Å². The summed E-state index contributed by atoms with van der Waals surface area (Å²) in [6, 6.07) is 0. The molecular formula is C11H25NO3. The molecule has 4 nitrogen and oxygen atoms in total. The topological polar surface area (TPSA) is 64.7 Å². The summed E-state index contributed by atoms with van der Waals surface area (Å²) >= 11 is 0. The molecule has 0 aromatic rings. The van der Waals surface area contributed by atoms with Crippen LogP contribution in [0.5, 0.6) is 0 Å². The second-order valence-electron chi connectivity index (χ2n) is 3.79. The van der Waals surface area contributed by atoms with E-state index < -0.39 is 5.54 Å². The van der Waals surface area contributed by atoms with Gasteiger partial charge in [0.05, 0.1) is 19.8 Å². The number of aliphatic hydroxyl groups excluding tert-OH is 1. The van der Waals surface area contributed by atoms with Crippen LogP contribution in [0.3, 0.4) is 0 Å². The molecule has 0 heterocycles. The molecule has 15 heavy (non-hydrogen) atoms. The molecule has 0 fully saturated rings. The van der Waals surface area contributed by atoms with E-state index in [0.717, 1.165) is 25.9 Å². The summed E-state index contributed by atoms with van der Waals surface area (Å²) in [6.07, 6.45) is 2.48. The maximum absolute atomic E-state index is 9.07. The van der Waals surface area contributed by atoms with Gasteiger partial charge in [0.15, 0.2) is 0 Å². The summed E-state index contributed by atoms with van der Waals surface area (Å²) in [5, 5.41) is 9.07. The molecule has 0 spiro atoms. The van der Waals surface area contributed by atoms with Crippen LogP contribution >= 0.6 is 0 Å². The maximum Gasteiger partial charge on any atom is 0.0700 e. The van der Waals surface area contributed by atoms with Crippen LogP contribution in [0.4, 0.5) is 0 Å². The molecule has 4 heteroatoms. The average Bonchev–Trinajstić information content (AvgIpc) is 2.27. The summed E-state index contributed by atoms with van der Waals surface area (Å²) in [6.45, 7) is 6.70. The molecule has 3 N–H and O–H groups in total. The minimum atomic E-state index is -0.427. The Morgan fingerprint density at radius 1 is 1.13 bits per heavy atom. The van der Waals surface area contributed by atoms with Gasteiger partial charge in [0.2, 0.25) is 0 Å². The lowest BCUT2D eigenvalue weighted by atomic mass is 9.93. The fourth-order valence-electron chi connectivity index (χ4n) is 1.26. The lowest BCUT2D eigenvalue weighted by Gasteiger charge is -2.25. The van der Waals surface area contributed by atoms with Crippen molar-refractivity contribution >= 4 is 0 Å². The van der Waals surface area contributed by atoms with Gasteiger partial charge in [-0.2, -0.15) is 0 Å². The molecule has 0 saturated heterocycles. The van der Waals surface area contributed by atoms with Gasteiger partial charge in [-0.3, -0.25) is 0 Å². The van der Waals surface area contributed by atoms with E-state index in [-0.39, 0.29) is 6.61 Å². The van der Waals surface area contributed by atoms with Gasteiger partial charge in [0, 0.05) is 18.8 Å². The van der Waals surface area contributed by atoms with E-state index in [9.17, 15) is 0 Å². The predicted octanol–water partition coefficient (Wildman–Crippen LogP) is 0.919. The van der Waals surface area contributed by atoms with Crippen LogP contribution in [0.15, 0.2) is 0 Å². The van der Waals surface area contributed by atoms with Gasteiger partial charge in [-0.1, -0.05) is 6.92 Å². The molecule has 0 saturated carbocycles. The molecule has 0 aliphatic heterocycles. The zero-order valence-corrected chi connectivity index (χ0v) is 10.00. The number of hydrogen-bond acceptors (Lipinski definition) is 4. The van der Waals surface area contributed by atoms with Crippen molar-refractivity contribution in [3.63, 3.8) is 0 Å². The van der Waals surface area contributed by atoms with Gasteiger partial charge in [0.25, 0.3) is 0 Å². The Morgan fingerprint density at radius 3 is 2.33 bits per heavy atom. The summed E-state index contributed by atoms with van der Waals surface area (Å²) in [5.41, 5.74) is 5.50. The molecule has 0 aromatic heterocycles. The third-order valence-electron chi connectivity index (χ3n) is 2.56. The Morgan fingerprint density at radius 2 is 1.80 bits per heavy atom. The number of hydrogen-bond donors (Lipinski definition) is 2. The number of nitrogens with two attached hydrogens (primary N) is 1. The van der Waals surface area contributed by atoms with Gasteiger partial charge < -0.3 is 20.3 Å². The largest absolute Gasteiger partial charge is 0.394 e. The van der Waals surface area contributed by atoms with Crippen molar-refractivity contribution in [2.24, 2.45) is 5.73 Å². The Hall–Kier alpha value is -0.160. The van der Waals surface area contributed by atoms with Gasteiger partial charge in [0.1, 0.15) is 0 Å². The third-order valence-corrected chi connectivity index (χ3v) is 2.56. The molecule has 0 amide bonds. The molecule has 0 aliphatic carbocycles. The van der Waals surface area contributed by atoms with E-state index in [2.05, 4.69) is 0 Å². The van der Waals surface area contributed by atoms with Crippen LogP contribution in [0.25, 0.3) is 0 Å². The molecule has 0 aliphatic rings. The van der Waals surface area contributed by atoms with Crippen LogP contribution in [0.2, 0.25) is 0 Å². The van der Waals surface area contributed by atoms with E-state index in [1.165, 1.54) is 0 Å². The molecule has 1 atom stereocenters. The molecule has 0 aromatic carbocycles. The highest BCUT2D eigenvalue weighted by Crippen LogP contribution is 2.12. The van der Waals surface area contributed by atoms with Crippen molar-refractivity contribution < 1.29 is 14.6 Å². The lowest BCUT2D eigenvalue weighted by Crippen LogP contribution is -2.43. The van der Waals surface area contributed by atoms with Crippen molar-refractivity contribution in [3.05, 3.63) is 0 Å². The third kappa shape index (κ3) is 7.73. The first-order chi connectivity index (χ1) is 7.18. The highest BCUT2D eigenvalue weighted by Gasteiger charge is 2.20. The minimum Gasteiger partial charge on any atom is -0.394 e. The highest BCUT2D eigenvalue weighted by molar-refractivity contribution is 4.81. The number of ether oxygens (including phenoxy) is 2. The Bertz CT molecular complexity index is 138. The molecule has 92 valence electrons. The standard InChI is InChI=1S/C11H25NO3/c1-3-11(12,10-13)6-5-7-15-9-8-14-4-2/h13H,3-10,12H2,1-2H3. The van der Waals surface area contributed by atoms with Gasteiger partial charge >= 0.3 is 0 Å². The summed E-state index contributed by atoms with van der Waals surface area (Å²) in [7, 11) is 0. The Balaban J connectivity index is 3.29. The van der Waals surface area contributed by atoms with Crippen LogP contribution in [0.1, 0.15) is 33.1 Å². The SMILES string of the molecule is CCOCCOCCCC(N)(CC)CO. The molecule has 1 unspecified atom stereocenters. The summed E-state index contributed by atoms with van der Waals surface area (Å²) < 4.78 is 10.5. The predicted molar refractivity (Wildman–Crippen MR) is 60.8 cm³/mol. The Labute approximate surface area is 92.7 Å². The highest BCUT2D eigenvalue weighted by atomic mass is 16.5.